The van der Waals surface area contributed by atoms with E-state index in [1.807, 2.05) is 53.2 Å². The molecule has 1 saturated carbocycles. The van der Waals surface area contributed by atoms with Crippen molar-refractivity contribution in [3.05, 3.63) is 72.4 Å². The van der Waals surface area contributed by atoms with Crippen LogP contribution < -0.4 is 11.1 Å². The van der Waals surface area contributed by atoms with E-state index in [0.29, 0.717) is 5.56 Å². The molecule has 1 aliphatic rings. The zero-order valence-electron chi connectivity index (χ0n) is 15.6. The van der Waals surface area contributed by atoms with Crippen LogP contribution in [0, 0.1) is 0 Å². The van der Waals surface area contributed by atoms with Gasteiger partial charge in [0.1, 0.15) is 0 Å². The largest absolute Gasteiger partial charge is 0.349 e. The highest BCUT2D eigenvalue weighted by molar-refractivity contribution is 5.95. The summed E-state index contributed by atoms with van der Waals surface area (Å²) in [5, 5.41) is 7.61. The van der Waals surface area contributed by atoms with Gasteiger partial charge in [0, 0.05) is 23.2 Å². The van der Waals surface area contributed by atoms with Crippen molar-refractivity contribution in [3.63, 3.8) is 0 Å². The van der Waals surface area contributed by atoms with Gasteiger partial charge in [-0.1, -0.05) is 36.4 Å². The molecule has 0 spiro atoms. The molecule has 6 heteroatoms. The smallest absolute Gasteiger partial charge is 0.251 e. The number of aromatic nitrogens is 2. The molecule has 0 atom stereocenters. The van der Waals surface area contributed by atoms with Crippen molar-refractivity contribution in [2.24, 2.45) is 5.73 Å². The Balaban J connectivity index is 0.00000225. The number of benzene rings is 2. The minimum Gasteiger partial charge on any atom is -0.349 e. The van der Waals surface area contributed by atoms with Crippen LogP contribution in [-0.4, -0.2) is 27.8 Å². The Hall–Kier alpha value is -2.63. The lowest BCUT2D eigenvalue weighted by molar-refractivity contribution is 0.0926. The first-order valence-corrected chi connectivity index (χ1v) is 9.47. The third-order valence-corrected chi connectivity index (χ3v) is 5.17. The average molecular weight is 397 g/mol. The zero-order chi connectivity index (χ0) is 18.6. The third kappa shape index (κ3) is 4.43. The summed E-state index contributed by atoms with van der Waals surface area (Å²) >= 11 is 0. The Morgan fingerprint density at radius 3 is 2.50 bits per heavy atom. The topological polar surface area (TPSA) is 72.9 Å². The van der Waals surface area contributed by atoms with Gasteiger partial charge < -0.3 is 11.1 Å². The fourth-order valence-corrected chi connectivity index (χ4v) is 3.65. The average Bonchev–Trinajstić information content (AvgIpc) is 3.20. The van der Waals surface area contributed by atoms with E-state index in [4.69, 9.17) is 5.73 Å². The minimum absolute atomic E-state index is 0. The molecule has 4 rings (SSSR count). The molecule has 5 nitrogen and oxygen atoms in total. The van der Waals surface area contributed by atoms with Crippen LogP contribution in [0.3, 0.4) is 0 Å². The SMILES string of the molecule is Cl.NC1CCC(NC(=O)c2cccc(-n3nccc3-c3ccccc3)c2)CC1. The molecule has 28 heavy (non-hydrogen) atoms. The predicted molar refractivity (Wildman–Crippen MR) is 114 cm³/mol. The second kappa shape index (κ2) is 9.04. The van der Waals surface area contributed by atoms with Gasteiger partial charge >= 0.3 is 0 Å². The van der Waals surface area contributed by atoms with E-state index in [9.17, 15) is 4.79 Å². The number of nitrogens with zero attached hydrogens (tertiary/aromatic N) is 2. The first-order valence-electron chi connectivity index (χ1n) is 9.47. The van der Waals surface area contributed by atoms with E-state index in [2.05, 4.69) is 22.5 Å². The number of halogens is 1. The number of hydrogen-bond donors (Lipinski definition) is 2. The second-order valence-electron chi connectivity index (χ2n) is 7.13. The van der Waals surface area contributed by atoms with Crippen molar-refractivity contribution in [2.45, 2.75) is 37.8 Å². The summed E-state index contributed by atoms with van der Waals surface area (Å²) in [6.07, 6.45) is 5.62. The van der Waals surface area contributed by atoms with Gasteiger partial charge in [-0.15, -0.1) is 12.4 Å². The molecule has 1 aromatic heterocycles. The van der Waals surface area contributed by atoms with E-state index >= 15 is 0 Å². The summed E-state index contributed by atoms with van der Waals surface area (Å²) in [5.41, 5.74) is 9.56. The van der Waals surface area contributed by atoms with Crippen LogP contribution in [0.15, 0.2) is 66.9 Å². The van der Waals surface area contributed by atoms with Gasteiger partial charge in [-0.25, -0.2) is 4.68 Å². The molecule has 0 radical (unpaired) electrons. The first kappa shape index (κ1) is 20.1. The molecule has 1 fully saturated rings. The Labute approximate surface area is 171 Å². The van der Waals surface area contributed by atoms with Crippen LogP contribution in [0.1, 0.15) is 36.0 Å². The molecular weight excluding hydrogens is 372 g/mol. The van der Waals surface area contributed by atoms with Crippen LogP contribution in [0.25, 0.3) is 16.9 Å². The van der Waals surface area contributed by atoms with Crippen molar-refractivity contribution >= 4 is 18.3 Å². The maximum atomic E-state index is 12.7. The Morgan fingerprint density at radius 2 is 1.75 bits per heavy atom. The fourth-order valence-electron chi connectivity index (χ4n) is 3.65. The van der Waals surface area contributed by atoms with Crippen molar-refractivity contribution in [1.29, 1.82) is 0 Å². The molecular formula is C22H25ClN4O. The first-order chi connectivity index (χ1) is 13.2. The zero-order valence-corrected chi connectivity index (χ0v) is 16.4. The Bertz CT molecular complexity index is 917. The molecule has 1 amide bonds. The lowest BCUT2D eigenvalue weighted by Gasteiger charge is -2.26. The van der Waals surface area contributed by atoms with Gasteiger partial charge in [0.25, 0.3) is 5.91 Å². The maximum absolute atomic E-state index is 12.7. The molecule has 0 aliphatic heterocycles. The highest BCUT2D eigenvalue weighted by Gasteiger charge is 2.20. The molecule has 1 aliphatic carbocycles. The van der Waals surface area contributed by atoms with E-state index in [-0.39, 0.29) is 30.4 Å². The number of carbonyl (C=O) groups is 1. The Kier molecular flexibility index (Phi) is 6.49. The van der Waals surface area contributed by atoms with E-state index < -0.39 is 0 Å². The highest BCUT2D eigenvalue weighted by Crippen LogP contribution is 2.23. The second-order valence-corrected chi connectivity index (χ2v) is 7.13. The van der Waals surface area contributed by atoms with E-state index in [1.54, 1.807) is 6.20 Å². The van der Waals surface area contributed by atoms with Crippen LogP contribution >= 0.6 is 12.4 Å². The summed E-state index contributed by atoms with van der Waals surface area (Å²) < 4.78 is 1.87. The quantitative estimate of drug-likeness (QED) is 0.701. The lowest BCUT2D eigenvalue weighted by Crippen LogP contribution is -2.40. The van der Waals surface area contributed by atoms with E-state index in [1.165, 1.54) is 0 Å². The normalized spacial score (nSPS) is 18.9. The van der Waals surface area contributed by atoms with Crippen molar-refractivity contribution in [1.82, 2.24) is 15.1 Å². The fraction of sp³-hybridized carbons (Fsp3) is 0.273. The van der Waals surface area contributed by atoms with Gasteiger partial charge in [0.15, 0.2) is 0 Å². The molecule has 0 bridgehead atoms. The maximum Gasteiger partial charge on any atom is 0.251 e. The van der Waals surface area contributed by atoms with Gasteiger partial charge in [0.05, 0.1) is 17.6 Å². The number of nitrogens with two attached hydrogens (primary N) is 1. The van der Waals surface area contributed by atoms with Gasteiger partial charge in [-0.2, -0.15) is 5.10 Å². The lowest BCUT2D eigenvalue weighted by atomic mass is 9.91. The van der Waals surface area contributed by atoms with Crippen LogP contribution in [0.2, 0.25) is 0 Å². The molecule has 0 saturated heterocycles. The summed E-state index contributed by atoms with van der Waals surface area (Å²) in [4.78, 5) is 12.7. The van der Waals surface area contributed by atoms with Crippen molar-refractivity contribution < 1.29 is 4.79 Å². The van der Waals surface area contributed by atoms with E-state index in [0.717, 1.165) is 42.6 Å². The van der Waals surface area contributed by atoms with Gasteiger partial charge in [-0.3, -0.25) is 4.79 Å². The molecule has 146 valence electrons. The van der Waals surface area contributed by atoms with Crippen molar-refractivity contribution in [2.75, 3.05) is 0 Å². The summed E-state index contributed by atoms with van der Waals surface area (Å²) in [6.45, 7) is 0. The van der Waals surface area contributed by atoms with Crippen molar-refractivity contribution in [3.8, 4) is 16.9 Å². The number of hydrogen-bond acceptors (Lipinski definition) is 3. The molecule has 1 heterocycles. The van der Waals surface area contributed by atoms with Gasteiger partial charge in [-0.05, 0) is 49.9 Å². The third-order valence-electron chi connectivity index (χ3n) is 5.17. The highest BCUT2D eigenvalue weighted by atomic mass is 35.5. The molecule has 2 aromatic carbocycles. The molecule has 0 unspecified atom stereocenters. The van der Waals surface area contributed by atoms with Gasteiger partial charge in [0.2, 0.25) is 0 Å². The monoisotopic (exact) mass is 396 g/mol. The van der Waals surface area contributed by atoms with Crippen LogP contribution in [0.5, 0.6) is 0 Å². The summed E-state index contributed by atoms with van der Waals surface area (Å²) in [5.74, 6) is -0.0364. The number of nitrogens with one attached hydrogen (secondary N) is 1. The Morgan fingerprint density at radius 1 is 1.00 bits per heavy atom. The standard InChI is InChI=1S/C22H24N4O.ClH/c23-18-9-11-19(12-10-18)25-22(27)17-7-4-8-20(15-17)26-21(13-14-24-26)16-5-2-1-3-6-16;/h1-8,13-15,18-19H,9-12,23H2,(H,25,27);1H. The van der Waals surface area contributed by atoms with Crippen LogP contribution in [-0.2, 0) is 0 Å². The number of amides is 1. The van der Waals surface area contributed by atoms with Crippen LogP contribution in [0.4, 0.5) is 0 Å². The predicted octanol–water partition coefficient (Wildman–Crippen LogP) is 3.96. The minimum atomic E-state index is -0.0364. The molecule has 3 N–H and O–H groups in total. The number of rotatable bonds is 4. The number of carbonyl (C=O) groups excluding carboxylic acids is 1. The summed E-state index contributed by atoms with van der Waals surface area (Å²) in [6, 6.07) is 20.2. The molecule has 3 aromatic rings. The summed E-state index contributed by atoms with van der Waals surface area (Å²) in [7, 11) is 0.